The van der Waals surface area contributed by atoms with Crippen molar-refractivity contribution >= 4 is 22.5 Å². The van der Waals surface area contributed by atoms with Crippen LogP contribution in [-0.4, -0.2) is 10.1 Å². The molecule has 134 valence electrons. The van der Waals surface area contributed by atoms with Crippen molar-refractivity contribution in [3.05, 3.63) is 87.7 Å². The van der Waals surface area contributed by atoms with E-state index in [4.69, 9.17) is 16.3 Å². The first-order chi connectivity index (χ1) is 13.0. The average Bonchev–Trinajstić information content (AvgIpc) is 2.65. The Labute approximate surface area is 160 Å². The van der Waals surface area contributed by atoms with E-state index >= 15 is 0 Å². The minimum absolute atomic E-state index is 0.0468. The van der Waals surface area contributed by atoms with E-state index in [1.807, 2.05) is 25.1 Å². The van der Waals surface area contributed by atoms with Crippen LogP contribution in [0.25, 0.3) is 22.0 Å². The lowest BCUT2D eigenvalue weighted by molar-refractivity contribution is 0.411. The Bertz CT molecular complexity index is 1200. The zero-order chi connectivity index (χ0) is 19.0. The van der Waals surface area contributed by atoms with Crippen molar-refractivity contribution in [3.63, 3.8) is 0 Å². The van der Waals surface area contributed by atoms with Gasteiger partial charge in [0.2, 0.25) is 0 Å². The molecule has 1 aromatic heterocycles. The van der Waals surface area contributed by atoms with Gasteiger partial charge in [0.05, 0.1) is 0 Å². The molecule has 4 rings (SSSR count). The molecule has 0 bridgehead atoms. The number of phenols is 1. The van der Waals surface area contributed by atoms with Crippen LogP contribution in [0.1, 0.15) is 5.69 Å². The first kappa shape index (κ1) is 17.2. The van der Waals surface area contributed by atoms with E-state index in [1.165, 1.54) is 6.07 Å². The van der Waals surface area contributed by atoms with Crippen molar-refractivity contribution < 1.29 is 9.84 Å². The van der Waals surface area contributed by atoms with Crippen LogP contribution in [0.3, 0.4) is 0 Å². The number of benzene rings is 3. The summed E-state index contributed by atoms with van der Waals surface area (Å²) in [6.45, 7) is 1.85. The van der Waals surface area contributed by atoms with Gasteiger partial charge in [-0.2, -0.15) is 0 Å². The molecule has 27 heavy (non-hydrogen) atoms. The fourth-order valence-corrected chi connectivity index (χ4v) is 3.22. The SMILES string of the molecule is Cc1[nH]c2ccccc2c(=O)c1-c1ccc(Oc2ccc(Cl)cc2)c(O)c1. The van der Waals surface area contributed by atoms with Gasteiger partial charge in [-0.1, -0.05) is 29.8 Å². The van der Waals surface area contributed by atoms with Gasteiger partial charge in [0.15, 0.2) is 16.9 Å². The maximum absolute atomic E-state index is 12.9. The van der Waals surface area contributed by atoms with Crippen molar-refractivity contribution in [1.82, 2.24) is 4.98 Å². The van der Waals surface area contributed by atoms with Crippen molar-refractivity contribution in [2.24, 2.45) is 0 Å². The molecule has 0 fully saturated rings. The largest absolute Gasteiger partial charge is 0.504 e. The fourth-order valence-electron chi connectivity index (χ4n) is 3.10. The number of phenolic OH excluding ortho intramolecular Hbond substituents is 1. The number of hydrogen-bond acceptors (Lipinski definition) is 3. The van der Waals surface area contributed by atoms with Gasteiger partial charge in [-0.25, -0.2) is 0 Å². The van der Waals surface area contributed by atoms with E-state index in [2.05, 4.69) is 4.98 Å². The van der Waals surface area contributed by atoms with Gasteiger partial charge in [0.1, 0.15) is 5.75 Å². The van der Waals surface area contributed by atoms with Crippen LogP contribution in [0.4, 0.5) is 0 Å². The molecule has 2 N–H and O–H groups in total. The minimum Gasteiger partial charge on any atom is -0.504 e. The molecule has 0 atom stereocenters. The predicted octanol–water partition coefficient (Wildman–Crippen LogP) is 5.65. The predicted molar refractivity (Wildman–Crippen MR) is 108 cm³/mol. The molecule has 0 aliphatic heterocycles. The van der Waals surface area contributed by atoms with Gasteiger partial charge < -0.3 is 14.8 Å². The second-order valence-electron chi connectivity index (χ2n) is 6.24. The molecule has 0 amide bonds. The number of H-pyrrole nitrogens is 1. The van der Waals surface area contributed by atoms with Crippen molar-refractivity contribution in [3.8, 4) is 28.4 Å². The number of hydrogen-bond donors (Lipinski definition) is 2. The third-order valence-corrected chi connectivity index (χ3v) is 4.64. The van der Waals surface area contributed by atoms with Crippen LogP contribution in [-0.2, 0) is 0 Å². The molecule has 5 heteroatoms. The number of rotatable bonds is 3. The van der Waals surface area contributed by atoms with Gasteiger partial charge in [0, 0.05) is 27.2 Å². The summed E-state index contributed by atoms with van der Waals surface area (Å²) >= 11 is 5.87. The van der Waals surface area contributed by atoms with Crippen LogP contribution in [0.2, 0.25) is 5.02 Å². The van der Waals surface area contributed by atoms with Crippen LogP contribution < -0.4 is 10.2 Å². The third kappa shape index (κ3) is 3.27. The van der Waals surface area contributed by atoms with Gasteiger partial charge in [-0.3, -0.25) is 4.79 Å². The highest BCUT2D eigenvalue weighted by Crippen LogP contribution is 2.35. The highest BCUT2D eigenvalue weighted by Gasteiger charge is 2.14. The summed E-state index contributed by atoms with van der Waals surface area (Å²) in [7, 11) is 0. The number of para-hydroxylation sites is 1. The normalized spacial score (nSPS) is 10.9. The van der Waals surface area contributed by atoms with E-state index < -0.39 is 0 Å². The summed E-state index contributed by atoms with van der Waals surface area (Å²) in [5.74, 6) is 0.813. The smallest absolute Gasteiger partial charge is 0.197 e. The van der Waals surface area contributed by atoms with E-state index in [1.54, 1.807) is 42.5 Å². The van der Waals surface area contributed by atoms with Gasteiger partial charge in [0.25, 0.3) is 0 Å². The molecule has 4 nitrogen and oxygen atoms in total. The molecule has 0 radical (unpaired) electrons. The molecular formula is C22H16ClNO3. The standard InChI is InChI=1S/C22H16ClNO3/c1-13-21(22(26)17-4-2-3-5-18(17)24-13)14-6-11-20(19(25)12-14)27-16-9-7-15(23)8-10-16/h2-12,25H,1H3,(H,24,26). The molecule has 3 aromatic carbocycles. The number of aromatic hydroxyl groups is 1. The summed E-state index contributed by atoms with van der Waals surface area (Å²) in [6.07, 6.45) is 0. The molecule has 4 aromatic rings. The molecule has 1 heterocycles. The molecule has 0 spiro atoms. The Morgan fingerprint density at radius 3 is 2.48 bits per heavy atom. The van der Waals surface area contributed by atoms with E-state index in [0.29, 0.717) is 33.0 Å². The summed E-state index contributed by atoms with van der Waals surface area (Å²) in [5.41, 5.74) is 2.61. The topological polar surface area (TPSA) is 62.3 Å². The number of ether oxygens (including phenoxy) is 1. The number of halogens is 1. The first-order valence-electron chi connectivity index (χ1n) is 8.41. The summed E-state index contributed by atoms with van der Waals surface area (Å²) in [6, 6.07) is 19.2. The Balaban J connectivity index is 1.75. The lowest BCUT2D eigenvalue weighted by atomic mass is 10.0. The molecule has 0 aliphatic rings. The second-order valence-corrected chi connectivity index (χ2v) is 6.67. The molecule has 0 saturated heterocycles. The van der Waals surface area contributed by atoms with Gasteiger partial charge in [-0.05, 0) is 61.0 Å². The summed E-state index contributed by atoms with van der Waals surface area (Å²) < 4.78 is 5.69. The van der Waals surface area contributed by atoms with E-state index in [9.17, 15) is 9.90 Å². The lowest BCUT2D eigenvalue weighted by Gasteiger charge is -2.11. The Morgan fingerprint density at radius 1 is 1.00 bits per heavy atom. The van der Waals surface area contributed by atoms with Gasteiger partial charge in [-0.15, -0.1) is 0 Å². The van der Waals surface area contributed by atoms with Crippen LogP contribution in [0.5, 0.6) is 17.2 Å². The number of pyridine rings is 1. The van der Waals surface area contributed by atoms with Crippen LogP contribution in [0, 0.1) is 6.92 Å². The number of fused-ring (bicyclic) bond motifs is 1. The van der Waals surface area contributed by atoms with Crippen LogP contribution >= 0.6 is 11.6 Å². The van der Waals surface area contributed by atoms with E-state index in [-0.39, 0.29) is 11.2 Å². The zero-order valence-corrected chi connectivity index (χ0v) is 15.2. The number of nitrogens with one attached hydrogen (secondary N) is 1. The van der Waals surface area contributed by atoms with Crippen LogP contribution in [0.15, 0.2) is 71.5 Å². The Hall–Kier alpha value is -3.24. The summed E-state index contributed by atoms with van der Waals surface area (Å²) in [5, 5.41) is 11.6. The minimum atomic E-state index is -0.0763. The summed E-state index contributed by atoms with van der Waals surface area (Å²) in [4.78, 5) is 16.2. The average molecular weight is 378 g/mol. The molecule has 0 saturated carbocycles. The van der Waals surface area contributed by atoms with Crippen molar-refractivity contribution in [1.29, 1.82) is 0 Å². The highest BCUT2D eigenvalue weighted by molar-refractivity contribution is 6.30. The first-order valence-corrected chi connectivity index (χ1v) is 8.79. The molecule has 0 unspecified atom stereocenters. The van der Waals surface area contributed by atoms with Crippen molar-refractivity contribution in [2.75, 3.05) is 0 Å². The molecular weight excluding hydrogens is 362 g/mol. The zero-order valence-electron chi connectivity index (χ0n) is 14.5. The van der Waals surface area contributed by atoms with Crippen molar-refractivity contribution in [2.45, 2.75) is 6.92 Å². The number of aryl methyl sites for hydroxylation is 1. The Kier molecular flexibility index (Phi) is 4.34. The fraction of sp³-hybridized carbons (Fsp3) is 0.0455. The number of aromatic amines is 1. The molecule has 0 aliphatic carbocycles. The number of aromatic nitrogens is 1. The maximum atomic E-state index is 12.9. The quantitative estimate of drug-likeness (QED) is 0.484. The Morgan fingerprint density at radius 2 is 1.74 bits per heavy atom. The maximum Gasteiger partial charge on any atom is 0.197 e. The van der Waals surface area contributed by atoms with E-state index in [0.717, 1.165) is 11.2 Å². The highest BCUT2D eigenvalue weighted by atomic mass is 35.5. The lowest BCUT2D eigenvalue weighted by Crippen LogP contribution is -2.09. The second kappa shape index (κ2) is 6.82. The monoisotopic (exact) mass is 377 g/mol. The third-order valence-electron chi connectivity index (χ3n) is 4.38. The van der Waals surface area contributed by atoms with Gasteiger partial charge >= 0.3 is 0 Å².